The molecule has 1 aromatic rings. The van der Waals surface area contributed by atoms with Crippen LogP contribution in [0.15, 0.2) is 35.2 Å². The van der Waals surface area contributed by atoms with E-state index in [0.29, 0.717) is 10.9 Å². The molecule has 1 unspecified atom stereocenters. The Kier molecular flexibility index (Phi) is 2.40. The minimum atomic E-state index is 0.579. The fourth-order valence-electron chi connectivity index (χ4n) is 1.68. The van der Waals surface area contributed by atoms with Gasteiger partial charge in [-0.25, -0.2) is 0 Å². The van der Waals surface area contributed by atoms with Crippen LogP contribution in [0.5, 0.6) is 0 Å². The van der Waals surface area contributed by atoms with Crippen LogP contribution in [0.2, 0.25) is 0 Å². The van der Waals surface area contributed by atoms with Gasteiger partial charge in [-0.05, 0) is 18.6 Å². The van der Waals surface area contributed by atoms with Gasteiger partial charge in [0.15, 0.2) is 4.90 Å². The summed E-state index contributed by atoms with van der Waals surface area (Å²) >= 11 is 0. The van der Waals surface area contributed by atoms with Crippen molar-refractivity contribution in [1.29, 1.82) is 0 Å². The molecular formula is C11H15S+. The fraction of sp³-hybridized carbons (Fsp3) is 0.455. The summed E-state index contributed by atoms with van der Waals surface area (Å²) in [6.45, 7) is 2.37. The lowest BCUT2D eigenvalue weighted by Crippen LogP contribution is -2.04. The van der Waals surface area contributed by atoms with Gasteiger partial charge in [-0.15, -0.1) is 0 Å². The van der Waals surface area contributed by atoms with Crippen molar-refractivity contribution in [3.63, 3.8) is 0 Å². The van der Waals surface area contributed by atoms with Crippen LogP contribution in [-0.4, -0.2) is 11.5 Å². The maximum absolute atomic E-state index is 2.37. The van der Waals surface area contributed by atoms with Crippen molar-refractivity contribution in [3.05, 3.63) is 30.3 Å². The topological polar surface area (TPSA) is 0 Å². The Morgan fingerprint density at radius 2 is 2.00 bits per heavy atom. The number of hydrogen-bond acceptors (Lipinski definition) is 0. The molecule has 0 amide bonds. The average molecular weight is 179 g/mol. The maximum Gasteiger partial charge on any atom is 0.154 e. The van der Waals surface area contributed by atoms with E-state index in [1.54, 1.807) is 4.90 Å². The SMILES string of the molecule is C[C@@H]1CC[S+](c2ccccc2)C1. The molecule has 0 bridgehead atoms. The van der Waals surface area contributed by atoms with Gasteiger partial charge in [0.25, 0.3) is 0 Å². The molecule has 1 aromatic carbocycles. The van der Waals surface area contributed by atoms with Crippen molar-refractivity contribution in [2.75, 3.05) is 11.5 Å². The lowest BCUT2D eigenvalue weighted by atomic mass is 10.2. The fourth-order valence-corrected chi connectivity index (χ4v) is 4.36. The summed E-state index contributed by atoms with van der Waals surface area (Å²) in [5, 5.41) is 0. The highest BCUT2D eigenvalue weighted by Crippen LogP contribution is 2.26. The van der Waals surface area contributed by atoms with Gasteiger partial charge in [-0.3, -0.25) is 0 Å². The highest BCUT2D eigenvalue weighted by atomic mass is 32.2. The summed E-state index contributed by atoms with van der Waals surface area (Å²) in [6.07, 6.45) is 1.43. The molecule has 1 heterocycles. The van der Waals surface area contributed by atoms with E-state index in [0.717, 1.165) is 5.92 Å². The Morgan fingerprint density at radius 3 is 2.58 bits per heavy atom. The molecule has 0 radical (unpaired) electrons. The summed E-state index contributed by atoms with van der Waals surface area (Å²) < 4.78 is 0. The van der Waals surface area contributed by atoms with Crippen LogP contribution in [0.4, 0.5) is 0 Å². The summed E-state index contributed by atoms with van der Waals surface area (Å²) in [4.78, 5) is 1.57. The van der Waals surface area contributed by atoms with Gasteiger partial charge in [0.05, 0.1) is 0 Å². The van der Waals surface area contributed by atoms with Crippen molar-refractivity contribution < 1.29 is 0 Å². The van der Waals surface area contributed by atoms with E-state index in [-0.39, 0.29) is 0 Å². The van der Waals surface area contributed by atoms with Crippen LogP contribution in [-0.2, 0) is 10.9 Å². The molecule has 0 nitrogen and oxygen atoms in total. The van der Waals surface area contributed by atoms with Gasteiger partial charge in [0.2, 0.25) is 0 Å². The predicted molar refractivity (Wildman–Crippen MR) is 55.6 cm³/mol. The van der Waals surface area contributed by atoms with Crippen LogP contribution >= 0.6 is 0 Å². The molecule has 0 saturated carbocycles. The standard InChI is InChI=1S/C11H15S/c1-10-7-8-12(9-10)11-5-3-2-4-6-11/h2-6,10H,7-9H2,1H3/q+1/t10-,12?/m1/s1. The zero-order chi connectivity index (χ0) is 8.39. The van der Waals surface area contributed by atoms with Crippen LogP contribution < -0.4 is 0 Å². The average Bonchev–Trinajstić information content (AvgIpc) is 2.54. The third-order valence-corrected chi connectivity index (χ3v) is 5.06. The van der Waals surface area contributed by atoms with Crippen molar-refractivity contribution >= 4 is 10.9 Å². The van der Waals surface area contributed by atoms with E-state index in [2.05, 4.69) is 37.3 Å². The lowest BCUT2D eigenvalue weighted by molar-refractivity contribution is 0.669. The Labute approximate surface area is 77.3 Å². The first-order valence-electron chi connectivity index (χ1n) is 4.59. The Balaban J connectivity index is 2.11. The van der Waals surface area contributed by atoms with E-state index >= 15 is 0 Å². The van der Waals surface area contributed by atoms with E-state index < -0.39 is 0 Å². The zero-order valence-corrected chi connectivity index (χ0v) is 8.31. The molecule has 0 aromatic heterocycles. The molecule has 2 rings (SSSR count). The largest absolute Gasteiger partial charge is 0.154 e. The quantitative estimate of drug-likeness (QED) is 0.581. The first kappa shape index (κ1) is 8.18. The normalized spacial score (nSPS) is 29.1. The first-order valence-corrected chi connectivity index (χ1v) is 6.15. The number of rotatable bonds is 1. The Bertz CT molecular complexity index is 242. The summed E-state index contributed by atoms with van der Waals surface area (Å²) in [7, 11) is 0.579. The predicted octanol–water partition coefficient (Wildman–Crippen LogP) is 2.70. The van der Waals surface area contributed by atoms with E-state index in [9.17, 15) is 0 Å². The monoisotopic (exact) mass is 179 g/mol. The van der Waals surface area contributed by atoms with Crippen molar-refractivity contribution in [2.24, 2.45) is 5.92 Å². The number of hydrogen-bond donors (Lipinski definition) is 0. The molecule has 1 heteroatoms. The highest BCUT2D eigenvalue weighted by molar-refractivity contribution is 7.97. The van der Waals surface area contributed by atoms with Crippen molar-refractivity contribution in [1.82, 2.24) is 0 Å². The van der Waals surface area contributed by atoms with Gasteiger partial charge in [0, 0.05) is 16.8 Å². The molecule has 1 saturated heterocycles. The molecule has 2 atom stereocenters. The third-order valence-electron chi connectivity index (χ3n) is 2.42. The van der Waals surface area contributed by atoms with Gasteiger partial charge in [-0.1, -0.05) is 25.1 Å². The second-order valence-corrected chi connectivity index (χ2v) is 5.77. The molecule has 1 aliphatic heterocycles. The molecule has 0 aliphatic carbocycles. The molecule has 0 N–H and O–H groups in total. The minimum absolute atomic E-state index is 0.579. The van der Waals surface area contributed by atoms with Crippen LogP contribution in [0.25, 0.3) is 0 Å². The zero-order valence-electron chi connectivity index (χ0n) is 7.49. The minimum Gasteiger partial charge on any atom is -0.0619 e. The van der Waals surface area contributed by atoms with E-state index in [1.165, 1.54) is 17.9 Å². The first-order chi connectivity index (χ1) is 5.86. The van der Waals surface area contributed by atoms with E-state index in [4.69, 9.17) is 0 Å². The number of benzene rings is 1. The highest BCUT2D eigenvalue weighted by Gasteiger charge is 2.31. The third kappa shape index (κ3) is 1.66. The maximum atomic E-state index is 2.37. The van der Waals surface area contributed by atoms with Crippen molar-refractivity contribution in [2.45, 2.75) is 18.2 Å². The van der Waals surface area contributed by atoms with Gasteiger partial charge >= 0.3 is 0 Å². The van der Waals surface area contributed by atoms with E-state index in [1.807, 2.05) is 0 Å². The second kappa shape index (κ2) is 3.53. The Hall–Kier alpha value is -0.430. The Morgan fingerprint density at radius 1 is 1.25 bits per heavy atom. The molecular weight excluding hydrogens is 164 g/mol. The van der Waals surface area contributed by atoms with Gasteiger partial charge in [-0.2, -0.15) is 0 Å². The van der Waals surface area contributed by atoms with Crippen LogP contribution in [0.3, 0.4) is 0 Å². The molecule has 1 aliphatic rings. The van der Waals surface area contributed by atoms with Crippen LogP contribution in [0, 0.1) is 5.92 Å². The van der Waals surface area contributed by atoms with Gasteiger partial charge in [0.1, 0.15) is 11.5 Å². The second-order valence-electron chi connectivity index (χ2n) is 3.57. The lowest BCUT2D eigenvalue weighted by Gasteiger charge is -1.98. The molecule has 1 fully saturated rings. The van der Waals surface area contributed by atoms with Crippen molar-refractivity contribution in [3.8, 4) is 0 Å². The van der Waals surface area contributed by atoms with Gasteiger partial charge < -0.3 is 0 Å². The molecule has 12 heavy (non-hydrogen) atoms. The summed E-state index contributed by atoms with van der Waals surface area (Å²) in [5.74, 6) is 3.79. The smallest absolute Gasteiger partial charge is 0.0619 e. The summed E-state index contributed by atoms with van der Waals surface area (Å²) in [6, 6.07) is 11.0. The molecule has 64 valence electrons. The molecule has 0 spiro atoms. The summed E-state index contributed by atoms with van der Waals surface area (Å²) in [5.41, 5.74) is 0. The van der Waals surface area contributed by atoms with Crippen LogP contribution in [0.1, 0.15) is 13.3 Å².